The number of hydrogen-bond donors (Lipinski definition) is 2. The van der Waals surface area contributed by atoms with E-state index in [2.05, 4.69) is 29.5 Å². The van der Waals surface area contributed by atoms with E-state index in [9.17, 15) is 22.8 Å². The summed E-state index contributed by atoms with van der Waals surface area (Å²) in [4.78, 5) is 28.8. The van der Waals surface area contributed by atoms with Crippen LogP contribution in [0.15, 0.2) is 48.9 Å². The van der Waals surface area contributed by atoms with Gasteiger partial charge in [0.05, 0.1) is 13.3 Å². The van der Waals surface area contributed by atoms with Crippen LogP contribution < -0.4 is 15.8 Å². The SMILES string of the molecule is COc1ccc(C2CCC(CN(C(=O)C3CCC(OC(=O)NC4CCOCC4)CC3)C(C)/C=C(\C=C/N)c3cnn(C(F)(F)F)c3)CC2)cc1C. The summed E-state index contributed by atoms with van der Waals surface area (Å²) < 4.78 is 56.6. The van der Waals surface area contributed by atoms with Crippen molar-refractivity contribution in [3.8, 4) is 5.75 Å². The van der Waals surface area contributed by atoms with Gasteiger partial charge in [-0.25, -0.2) is 4.79 Å². The fourth-order valence-electron chi connectivity index (χ4n) is 7.74. The van der Waals surface area contributed by atoms with Gasteiger partial charge in [0.25, 0.3) is 0 Å². The number of nitrogens with zero attached hydrogens (tertiary/aromatic N) is 3. The van der Waals surface area contributed by atoms with Gasteiger partial charge in [0.2, 0.25) is 5.91 Å². The number of nitrogens with two attached hydrogens (primary N) is 1. The topological polar surface area (TPSA) is 121 Å². The van der Waals surface area contributed by atoms with Crippen LogP contribution in [0, 0.1) is 18.8 Å². The number of halogens is 3. The van der Waals surface area contributed by atoms with Crippen LogP contribution in [0.4, 0.5) is 18.0 Å². The average molecular weight is 716 g/mol. The number of aryl methyl sites for hydroxylation is 1. The Bertz CT molecular complexity index is 1520. The molecule has 51 heavy (non-hydrogen) atoms. The first-order valence-corrected chi connectivity index (χ1v) is 18.2. The van der Waals surface area contributed by atoms with E-state index in [1.807, 2.05) is 17.9 Å². The van der Waals surface area contributed by atoms with Gasteiger partial charge in [-0.05, 0) is 125 Å². The molecule has 1 atom stereocenters. The van der Waals surface area contributed by atoms with Crippen molar-refractivity contribution in [1.29, 1.82) is 0 Å². The van der Waals surface area contributed by atoms with Gasteiger partial charge in [-0.2, -0.15) is 9.78 Å². The van der Waals surface area contributed by atoms with Gasteiger partial charge in [-0.1, -0.05) is 18.2 Å². The van der Waals surface area contributed by atoms with E-state index >= 15 is 0 Å². The molecule has 3 aliphatic rings. The van der Waals surface area contributed by atoms with Crippen molar-refractivity contribution >= 4 is 17.6 Å². The van der Waals surface area contributed by atoms with Crippen LogP contribution in [0.3, 0.4) is 0 Å². The minimum absolute atomic E-state index is 0.0128. The first kappa shape index (κ1) is 38.2. The zero-order chi connectivity index (χ0) is 36.5. The molecule has 280 valence electrons. The van der Waals surface area contributed by atoms with Crippen LogP contribution in [0.1, 0.15) is 93.7 Å². The Labute approximate surface area is 298 Å². The van der Waals surface area contributed by atoms with Crippen LogP contribution in [-0.4, -0.2) is 71.7 Å². The number of alkyl halides is 3. The number of carbonyl (C=O) groups excluding carboxylic acids is 2. The summed E-state index contributed by atoms with van der Waals surface area (Å²) in [5.74, 6) is 1.34. The number of aromatic nitrogens is 2. The fourth-order valence-corrected chi connectivity index (χ4v) is 7.74. The third-order valence-corrected chi connectivity index (χ3v) is 10.7. The quantitative estimate of drug-likeness (QED) is 0.237. The van der Waals surface area contributed by atoms with Crippen LogP contribution in [0.2, 0.25) is 0 Å². The average Bonchev–Trinajstić information content (AvgIpc) is 3.63. The number of carbonyl (C=O) groups is 2. The van der Waals surface area contributed by atoms with Crippen molar-refractivity contribution in [1.82, 2.24) is 20.0 Å². The number of alkyl carbamates (subject to hydrolysis) is 1. The van der Waals surface area contributed by atoms with Crippen molar-refractivity contribution in [3.05, 3.63) is 65.6 Å². The number of nitrogens with one attached hydrogen (secondary N) is 1. The Morgan fingerprint density at radius 1 is 1.10 bits per heavy atom. The summed E-state index contributed by atoms with van der Waals surface area (Å²) in [5, 5.41) is 6.44. The molecule has 3 fully saturated rings. The maximum Gasteiger partial charge on any atom is 0.504 e. The highest BCUT2D eigenvalue weighted by Crippen LogP contribution is 2.38. The van der Waals surface area contributed by atoms with Gasteiger partial charge in [0, 0.05) is 49.5 Å². The number of rotatable bonds is 11. The molecule has 2 amide bonds. The van der Waals surface area contributed by atoms with E-state index in [-0.39, 0.29) is 40.1 Å². The number of amides is 2. The van der Waals surface area contributed by atoms with Gasteiger partial charge < -0.3 is 30.2 Å². The molecule has 10 nitrogen and oxygen atoms in total. The van der Waals surface area contributed by atoms with Gasteiger partial charge >= 0.3 is 12.4 Å². The molecule has 1 saturated heterocycles. The molecule has 2 saturated carbocycles. The van der Waals surface area contributed by atoms with Gasteiger partial charge in [0.15, 0.2) is 0 Å². The smallest absolute Gasteiger partial charge is 0.496 e. The molecule has 0 radical (unpaired) electrons. The molecule has 1 aromatic heterocycles. The molecular formula is C38H52F3N5O5. The third-order valence-electron chi connectivity index (χ3n) is 10.7. The third kappa shape index (κ3) is 10.3. The first-order valence-electron chi connectivity index (χ1n) is 18.2. The second-order valence-corrected chi connectivity index (χ2v) is 14.2. The zero-order valence-electron chi connectivity index (χ0n) is 29.9. The molecule has 1 aromatic carbocycles. The van der Waals surface area contributed by atoms with Crippen molar-refractivity contribution in [2.75, 3.05) is 26.9 Å². The van der Waals surface area contributed by atoms with E-state index < -0.39 is 18.4 Å². The summed E-state index contributed by atoms with van der Waals surface area (Å²) in [6.45, 7) is 5.73. The molecular weight excluding hydrogens is 663 g/mol. The summed E-state index contributed by atoms with van der Waals surface area (Å²) in [5.41, 5.74) is 8.83. The number of hydrogen-bond acceptors (Lipinski definition) is 7. The number of ether oxygens (including phenoxy) is 3. The number of methoxy groups -OCH3 is 1. The van der Waals surface area contributed by atoms with Crippen LogP contribution >= 0.6 is 0 Å². The van der Waals surface area contributed by atoms with E-state index in [4.69, 9.17) is 19.9 Å². The fraction of sp³-hybridized carbons (Fsp3) is 0.605. The van der Waals surface area contributed by atoms with E-state index in [1.165, 1.54) is 17.8 Å². The molecule has 13 heteroatoms. The monoisotopic (exact) mass is 715 g/mol. The molecule has 0 bridgehead atoms. The summed E-state index contributed by atoms with van der Waals surface area (Å²) >= 11 is 0. The molecule has 2 aliphatic carbocycles. The zero-order valence-corrected chi connectivity index (χ0v) is 29.9. The molecule has 5 rings (SSSR count). The Morgan fingerprint density at radius 3 is 2.41 bits per heavy atom. The molecule has 0 spiro atoms. The van der Waals surface area contributed by atoms with Crippen molar-refractivity contribution in [2.24, 2.45) is 17.6 Å². The Morgan fingerprint density at radius 2 is 1.80 bits per heavy atom. The minimum Gasteiger partial charge on any atom is -0.496 e. The summed E-state index contributed by atoms with van der Waals surface area (Å²) in [7, 11) is 1.67. The lowest BCUT2D eigenvalue weighted by atomic mass is 9.78. The molecule has 2 aromatic rings. The predicted molar refractivity (Wildman–Crippen MR) is 188 cm³/mol. The Balaban J connectivity index is 1.27. The Kier molecular flexibility index (Phi) is 13.1. The normalized spacial score (nSPS) is 24.2. The van der Waals surface area contributed by atoms with Crippen LogP contribution in [-0.2, 0) is 20.6 Å². The second kappa shape index (κ2) is 17.5. The molecule has 3 N–H and O–H groups in total. The summed E-state index contributed by atoms with van der Waals surface area (Å²) in [6.07, 6.45) is 9.09. The lowest BCUT2D eigenvalue weighted by Crippen LogP contribution is -2.46. The molecule has 1 unspecified atom stereocenters. The van der Waals surface area contributed by atoms with Gasteiger partial charge in [-0.15, -0.1) is 13.2 Å². The highest BCUT2D eigenvalue weighted by atomic mass is 19.4. The van der Waals surface area contributed by atoms with Crippen molar-refractivity contribution in [3.63, 3.8) is 0 Å². The highest BCUT2D eigenvalue weighted by molar-refractivity contribution is 5.81. The molecule has 2 heterocycles. The van der Waals surface area contributed by atoms with Crippen molar-refractivity contribution < 1.29 is 37.0 Å². The highest BCUT2D eigenvalue weighted by Gasteiger charge is 2.35. The lowest BCUT2D eigenvalue weighted by Gasteiger charge is -2.38. The van der Waals surface area contributed by atoms with Crippen LogP contribution in [0.5, 0.6) is 5.75 Å². The van der Waals surface area contributed by atoms with E-state index in [1.54, 1.807) is 13.2 Å². The number of benzene rings is 1. The first-order chi connectivity index (χ1) is 24.4. The largest absolute Gasteiger partial charge is 0.504 e. The maximum absolute atomic E-state index is 14.3. The van der Waals surface area contributed by atoms with Gasteiger partial charge in [0.1, 0.15) is 11.9 Å². The molecule has 1 aliphatic heterocycles. The number of allylic oxidation sites excluding steroid dienone is 2. The van der Waals surface area contributed by atoms with Gasteiger partial charge in [-0.3, -0.25) is 4.79 Å². The van der Waals surface area contributed by atoms with Crippen LogP contribution in [0.25, 0.3) is 5.57 Å². The minimum atomic E-state index is -4.65. The lowest BCUT2D eigenvalue weighted by molar-refractivity contribution is -0.212. The Hall–Kier alpha value is -4.00. The predicted octanol–water partition coefficient (Wildman–Crippen LogP) is 7.19. The van der Waals surface area contributed by atoms with E-state index in [0.717, 1.165) is 62.2 Å². The second-order valence-electron chi connectivity index (χ2n) is 14.2. The van der Waals surface area contributed by atoms with Crippen molar-refractivity contribution in [2.45, 2.75) is 108 Å². The standard InChI is InChI=1S/C38H52F3N5O5/c1-25-20-30(10-13-35(25)49-3)28-6-4-27(5-7-28)23-45(26(2)21-31(14-17-42)32-22-43-46(24-32)38(39,40)41)36(47)29-8-11-34(12-9-29)51-37(48)44-33-15-18-50-19-16-33/h10,13-14,17,20-22,24,26-29,33-34H,4-9,11-12,15-16,18-19,23,42H2,1-3H3,(H,44,48)/b17-14-,31-21+. The summed E-state index contributed by atoms with van der Waals surface area (Å²) in [6, 6.07) is 5.98. The maximum atomic E-state index is 14.3. The van der Waals surface area contributed by atoms with E-state index in [0.29, 0.717) is 56.9 Å².